The summed E-state index contributed by atoms with van der Waals surface area (Å²) in [6.07, 6.45) is 0.00470. The molecule has 0 unspecified atom stereocenters. The van der Waals surface area contributed by atoms with Crippen LogP contribution in [0.4, 0.5) is 4.79 Å². The number of nitrogens with one attached hydrogen (secondary N) is 1. The Morgan fingerprint density at radius 1 is 0.919 bits per heavy atom. The Balaban J connectivity index is 1.36. The summed E-state index contributed by atoms with van der Waals surface area (Å²) in [4.78, 5) is 12.4. The van der Waals surface area contributed by atoms with E-state index >= 15 is 0 Å². The molecule has 0 spiro atoms. The highest BCUT2D eigenvalue weighted by atomic mass is 16.5. The largest absolute Gasteiger partial charge is 0.506 e. The third kappa shape index (κ3) is 5.83. The number of aromatic hydroxyl groups is 1. The van der Waals surface area contributed by atoms with Crippen molar-refractivity contribution in [2.24, 2.45) is 0 Å². The van der Waals surface area contributed by atoms with Gasteiger partial charge in [-0.3, -0.25) is 0 Å². The minimum atomic E-state index is -0.448. The van der Waals surface area contributed by atoms with Gasteiger partial charge in [-0.15, -0.1) is 0 Å². The summed E-state index contributed by atoms with van der Waals surface area (Å²) < 4.78 is 5.59. The van der Waals surface area contributed by atoms with Crippen LogP contribution in [-0.4, -0.2) is 24.4 Å². The summed E-state index contributed by atoms with van der Waals surface area (Å²) in [5, 5.41) is 13.7. The van der Waals surface area contributed by atoms with E-state index in [1.807, 2.05) is 30.3 Å². The van der Waals surface area contributed by atoms with E-state index in [1.165, 1.54) is 22.3 Å². The normalized spacial score (nSPS) is 12.8. The van der Waals surface area contributed by atoms with Crippen molar-refractivity contribution in [1.82, 2.24) is 5.32 Å². The Hall–Kier alpha value is -3.71. The van der Waals surface area contributed by atoms with E-state index in [9.17, 15) is 9.90 Å². The molecule has 0 aliphatic heterocycles. The van der Waals surface area contributed by atoms with Crippen LogP contribution in [0.5, 0.6) is 5.75 Å². The second-order valence-corrected chi connectivity index (χ2v) is 11.7. The summed E-state index contributed by atoms with van der Waals surface area (Å²) in [7, 11) is 0. The molecule has 3 aromatic rings. The summed E-state index contributed by atoms with van der Waals surface area (Å²) in [6, 6.07) is 20.6. The fraction of sp³-hybridized carbons (Fsp3) is 0.364. The molecule has 0 saturated carbocycles. The van der Waals surface area contributed by atoms with Crippen LogP contribution in [0.2, 0.25) is 0 Å². The second kappa shape index (κ2) is 10.3. The van der Waals surface area contributed by atoms with Gasteiger partial charge in [0.05, 0.1) is 5.56 Å². The highest BCUT2D eigenvalue weighted by Gasteiger charge is 2.29. The zero-order valence-corrected chi connectivity index (χ0v) is 22.7. The first-order valence-corrected chi connectivity index (χ1v) is 12.9. The quantitative estimate of drug-likeness (QED) is 0.296. The van der Waals surface area contributed by atoms with Crippen LogP contribution >= 0.6 is 0 Å². The minimum Gasteiger partial charge on any atom is -0.506 e. The van der Waals surface area contributed by atoms with Crippen molar-refractivity contribution >= 4 is 6.09 Å². The number of carbonyl (C=O) groups is 1. The first-order chi connectivity index (χ1) is 17.5. The average molecular weight is 496 g/mol. The van der Waals surface area contributed by atoms with Gasteiger partial charge in [0, 0.05) is 24.4 Å². The van der Waals surface area contributed by atoms with Gasteiger partial charge in [-0.05, 0) is 44.7 Å². The van der Waals surface area contributed by atoms with Crippen molar-refractivity contribution in [3.63, 3.8) is 0 Å². The van der Waals surface area contributed by atoms with Crippen LogP contribution in [0.3, 0.4) is 0 Å². The Bertz CT molecular complexity index is 1320. The van der Waals surface area contributed by atoms with Crippen LogP contribution in [-0.2, 0) is 15.6 Å². The smallest absolute Gasteiger partial charge is 0.407 e. The summed E-state index contributed by atoms with van der Waals surface area (Å²) in [5.74, 6) is 6.49. The van der Waals surface area contributed by atoms with E-state index in [0.717, 1.165) is 11.1 Å². The summed E-state index contributed by atoms with van der Waals surface area (Å²) >= 11 is 0. The maximum absolute atomic E-state index is 12.4. The van der Waals surface area contributed by atoms with Crippen LogP contribution < -0.4 is 5.32 Å². The molecule has 4 nitrogen and oxygen atoms in total. The molecule has 0 atom stereocenters. The number of benzene rings is 3. The Labute approximate surface area is 221 Å². The molecular weight excluding hydrogens is 458 g/mol. The lowest BCUT2D eigenvalue weighted by molar-refractivity contribution is 0.143. The zero-order valence-electron chi connectivity index (χ0n) is 22.7. The molecule has 2 N–H and O–H groups in total. The van der Waals surface area contributed by atoms with Gasteiger partial charge in [0.25, 0.3) is 0 Å². The highest BCUT2D eigenvalue weighted by Crippen LogP contribution is 2.44. The maximum Gasteiger partial charge on any atom is 0.407 e. The fourth-order valence-corrected chi connectivity index (χ4v) is 4.77. The number of phenolic OH excluding ortho intramolecular Hbond substituents is 1. The van der Waals surface area contributed by atoms with Crippen LogP contribution in [0.15, 0.2) is 60.7 Å². The molecule has 0 radical (unpaired) electrons. The number of hydrogen-bond donors (Lipinski definition) is 2. The highest BCUT2D eigenvalue weighted by molar-refractivity contribution is 5.79. The molecule has 0 bridgehead atoms. The SMILES string of the molecule is CC(C)(C)c1cc(C#CCCNC(=O)OCC2c3ccccc3-c3ccccc32)c(O)c(C(C)(C)C)c1. The summed E-state index contributed by atoms with van der Waals surface area (Å²) in [6.45, 7) is 13.4. The lowest BCUT2D eigenvalue weighted by Gasteiger charge is -2.26. The Morgan fingerprint density at radius 2 is 1.51 bits per heavy atom. The number of carbonyl (C=O) groups excluding carboxylic acids is 1. The third-order valence-corrected chi connectivity index (χ3v) is 6.87. The first kappa shape index (κ1) is 26.4. The van der Waals surface area contributed by atoms with Gasteiger partial charge < -0.3 is 15.2 Å². The molecule has 4 rings (SSSR count). The zero-order chi connectivity index (χ0) is 26.8. The van der Waals surface area contributed by atoms with Crippen LogP contribution in [0, 0.1) is 11.8 Å². The van der Waals surface area contributed by atoms with Crippen molar-refractivity contribution < 1.29 is 14.6 Å². The van der Waals surface area contributed by atoms with E-state index in [4.69, 9.17) is 4.74 Å². The van der Waals surface area contributed by atoms with E-state index in [2.05, 4.69) is 89.0 Å². The van der Waals surface area contributed by atoms with Crippen LogP contribution in [0.25, 0.3) is 11.1 Å². The van der Waals surface area contributed by atoms with Gasteiger partial charge in [0.1, 0.15) is 12.4 Å². The topological polar surface area (TPSA) is 58.6 Å². The molecule has 1 amide bonds. The Kier molecular flexibility index (Phi) is 7.37. The van der Waals surface area contributed by atoms with Gasteiger partial charge >= 0.3 is 6.09 Å². The predicted octanol–water partition coefficient (Wildman–Crippen LogP) is 7.27. The van der Waals surface area contributed by atoms with Gasteiger partial charge in [-0.1, -0.05) is 108 Å². The predicted molar refractivity (Wildman–Crippen MR) is 150 cm³/mol. The molecule has 1 aliphatic rings. The van der Waals surface area contributed by atoms with E-state index in [1.54, 1.807) is 0 Å². The molecule has 4 heteroatoms. The van der Waals surface area contributed by atoms with Gasteiger partial charge in [-0.2, -0.15) is 0 Å². The van der Waals surface area contributed by atoms with Crippen molar-refractivity contribution in [3.05, 3.63) is 88.5 Å². The van der Waals surface area contributed by atoms with Gasteiger partial charge in [0.2, 0.25) is 0 Å². The fourth-order valence-electron chi connectivity index (χ4n) is 4.77. The van der Waals surface area contributed by atoms with Crippen LogP contribution in [0.1, 0.15) is 81.7 Å². The molecular formula is C33H37NO3. The monoisotopic (exact) mass is 495 g/mol. The third-order valence-electron chi connectivity index (χ3n) is 6.87. The minimum absolute atomic E-state index is 0.0352. The number of amides is 1. The molecule has 0 saturated heterocycles. The lowest BCUT2D eigenvalue weighted by Crippen LogP contribution is -2.26. The molecule has 192 valence electrons. The molecule has 3 aromatic carbocycles. The number of rotatable bonds is 4. The molecule has 0 heterocycles. The number of fused-ring (bicyclic) bond motifs is 3. The molecule has 37 heavy (non-hydrogen) atoms. The molecule has 0 fully saturated rings. The average Bonchev–Trinajstić information content (AvgIpc) is 3.15. The maximum atomic E-state index is 12.4. The van der Waals surface area contributed by atoms with Crippen molar-refractivity contribution in [3.8, 4) is 28.7 Å². The van der Waals surface area contributed by atoms with E-state index in [0.29, 0.717) is 18.5 Å². The lowest BCUT2D eigenvalue weighted by atomic mass is 9.79. The standard InChI is InChI=1S/C33H37NO3/c1-32(2,3)23-19-22(30(35)29(20-23)33(4,5)6)13-11-12-18-34-31(36)37-21-28-26-16-9-7-14-24(26)25-15-8-10-17-27(25)28/h7-10,14-17,19-20,28,35H,12,18,21H2,1-6H3,(H,34,36). The number of ether oxygens (including phenoxy) is 1. The van der Waals surface area contributed by atoms with E-state index < -0.39 is 6.09 Å². The van der Waals surface area contributed by atoms with Crippen molar-refractivity contribution in [1.29, 1.82) is 0 Å². The summed E-state index contributed by atoms with van der Waals surface area (Å²) in [5.41, 5.74) is 7.18. The van der Waals surface area contributed by atoms with E-state index in [-0.39, 0.29) is 29.1 Å². The van der Waals surface area contributed by atoms with Crippen molar-refractivity contribution in [2.75, 3.05) is 13.2 Å². The molecule has 1 aliphatic carbocycles. The van der Waals surface area contributed by atoms with Gasteiger partial charge in [-0.25, -0.2) is 4.79 Å². The molecule has 0 aromatic heterocycles. The first-order valence-electron chi connectivity index (χ1n) is 12.9. The Morgan fingerprint density at radius 3 is 2.08 bits per heavy atom. The second-order valence-electron chi connectivity index (χ2n) is 11.7. The van der Waals surface area contributed by atoms with Crippen molar-refractivity contribution in [2.45, 2.75) is 64.7 Å². The number of alkyl carbamates (subject to hydrolysis) is 1. The van der Waals surface area contributed by atoms with Gasteiger partial charge in [0.15, 0.2) is 0 Å². The number of hydrogen-bond acceptors (Lipinski definition) is 3. The number of phenols is 1.